The Labute approximate surface area is 208 Å². The van der Waals surface area contributed by atoms with Crippen LogP contribution in [0, 0.1) is 0 Å². The Hall–Kier alpha value is -3.10. The topological polar surface area (TPSA) is 67.9 Å². The number of hydrazine groups is 1. The van der Waals surface area contributed by atoms with Crippen molar-refractivity contribution in [2.45, 2.75) is 13.5 Å². The minimum absolute atomic E-state index is 0.0386. The fourth-order valence-electron chi connectivity index (χ4n) is 3.29. The molecule has 1 aliphatic heterocycles. The van der Waals surface area contributed by atoms with Gasteiger partial charge in [0.1, 0.15) is 12.2 Å². The molecule has 8 heteroatoms. The SMILES string of the molecule is CCOc1cc(/C=C2/C(=O)NN(c3ccccc3)C2=O)cc(Br)c1OCc1ccc(Br)cc1. The van der Waals surface area contributed by atoms with E-state index in [9.17, 15) is 9.59 Å². The summed E-state index contributed by atoms with van der Waals surface area (Å²) in [5.74, 6) is 0.181. The summed E-state index contributed by atoms with van der Waals surface area (Å²) in [6, 6.07) is 20.3. The lowest BCUT2D eigenvalue weighted by molar-refractivity contribution is -0.117. The van der Waals surface area contributed by atoms with Crippen LogP contribution in [0.2, 0.25) is 0 Å². The molecule has 1 aliphatic rings. The predicted molar refractivity (Wildman–Crippen MR) is 134 cm³/mol. The maximum atomic E-state index is 12.9. The van der Waals surface area contributed by atoms with E-state index in [4.69, 9.17) is 9.47 Å². The highest BCUT2D eigenvalue weighted by molar-refractivity contribution is 9.10. The largest absolute Gasteiger partial charge is 0.490 e. The van der Waals surface area contributed by atoms with Gasteiger partial charge in [0, 0.05) is 4.47 Å². The third kappa shape index (κ3) is 5.29. The second kappa shape index (κ2) is 10.2. The van der Waals surface area contributed by atoms with E-state index in [0.29, 0.717) is 40.4 Å². The molecule has 4 rings (SSSR count). The monoisotopic (exact) mass is 570 g/mol. The molecule has 0 radical (unpaired) electrons. The number of para-hydroxylation sites is 1. The van der Waals surface area contributed by atoms with Crippen LogP contribution in [0.1, 0.15) is 18.1 Å². The Kier molecular flexibility index (Phi) is 7.15. The summed E-state index contributed by atoms with van der Waals surface area (Å²) in [4.78, 5) is 25.4. The van der Waals surface area contributed by atoms with Crippen LogP contribution >= 0.6 is 31.9 Å². The van der Waals surface area contributed by atoms with Gasteiger partial charge in [-0.3, -0.25) is 15.0 Å². The Balaban J connectivity index is 1.60. The molecule has 0 bridgehead atoms. The van der Waals surface area contributed by atoms with Crippen LogP contribution < -0.4 is 19.9 Å². The van der Waals surface area contributed by atoms with E-state index < -0.39 is 11.8 Å². The maximum Gasteiger partial charge on any atom is 0.282 e. The number of amides is 2. The summed E-state index contributed by atoms with van der Waals surface area (Å²) in [5.41, 5.74) is 4.87. The van der Waals surface area contributed by atoms with Crippen LogP contribution in [-0.4, -0.2) is 18.4 Å². The van der Waals surface area contributed by atoms with Gasteiger partial charge in [-0.1, -0.05) is 46.3 Å². The van der Waals surface area contributed by atoms with Crippen molar-refractivity contribution in [2.24, 2.45) is 0 Å². The lowest BCUT2D eigenvalue weighted by Gasteiger charge is -2.15. The van der Waals surface area contributed by atoms with Gasteiger partial charge in [0.25, 0.3) is 11.8 Å². The summed E-state index contributed by atoms with van der Waals surface area (Å²) in [6.07, 6.45) is 1.55. The highest BCUT2D eigenvalue weighted by atomic mass is 79.9. The molecule has 0 atom stereocenters. The van der Waals surface area contributed by atoms with Crippen LogP contribution in [0.4, 0.5) is 5.69 Å². The lowest BCUT2D eigenvalue weighted by Crippen LogP contribution is -2.35. The highest BCUT2D eigenvalue weighted by Gasteiger charge is 2.34. The molecule has 33 heavy (non-hydrogen) atoms. The van der Waals surface area contributed by atoms with Crippen molar-refractivity contribution >= 4 is 55.4 Å². The molecular formula is C25H20Br2N2O4. The molecule has 1 saturated heterocycles. The molecular weight excluding hydrogens is 552 g/mol. The van der Waals surface area contributed by atoms with E-state index in [1.165, 1.54) is 5.01 Å². The molecule has 6 nitrogen and oxygen atoms in total. The molecule has 1 heterocycles. The molecule has 0 spiro atoms. The molecule has 0 aliphatic carbocycles. The van der Waals surface area contributed by atoms with Crippen LogP contribution in [0.15, 0.2) is 81.2 Å². The smallest absolute Gasteiger partial charge is 0.282 e. The number of anilines is 1. The average molecular weight is 572 g/mol. The number of rotatable bonds is 7. The van der Waals surface area contributed by atoms with Crippen molar-refractivity contribution in [3.8, 4) is 11.5 Å². The second-order valence-electron chi connectivity index (χ2n) is 7.15. The zero-order valence-electron chi connectivity index (χ0n) is 17.7. The predicted octanol–water partition coefficient (Wildman–Crippen LogP) is 5.65. The van der Waals surface area contributed by atoms with E-state index in [1.54, 1.807) is 42.5 Å². The fourth-order valence-corrected chi connectivity index (χ4v) is 4.13. The summed E-state index contributed by atoms with van der Waals surface area (Å²) in [7, 11) is 0. The second-order valence-corrected chi connectivity index (χ2v) is 8.92. The van der Waals surface area contributed by atoms with Gasteiger partial charge < -0.3 is 9.47 Å². The molecule has 0 unspecified atom stereocenters. The van der Waals surface area contributed by atoms with E-state index >= 15 is 0 Å². The Morgan fingerprint density at radius 3 is 2.39 bits per heavy atom. The van der Waals surface area contributed by atoms with Crippen molar-refractivity contribution < 1.29 is 19.1 Å². The number of benzene rings is 3. The van der Waals surface area contributed by atoms with Gasteiger partial charge in [-0.15, -0.1) is 0 Å². The highest BCUT2D eigenvalue weighted by Crippen LogP contribution is 2.38. The molecule has 1 N–H and O–H groups in total. The molecule has 3 aromatic carbocycles. The maximum absolute atomic E-state index is 12.9. The van der Waals surface area contributed by atoms with Crippen molar-refractivity contribution in [1.82, 2.24) is 5.43 Å². The van der Waals surface area contributed by atoms with Crippen LogP contribution in [0.3, 0.4) is 0 Å². The normalized spacial score (nSPS) is 14.5. The van der Waals surface area contributed by atoms with Gasteiger partial charge >= 0.3 is 0 Å². The van der Waals surface area contributed by atoms with Crippen molar-refractivity contribution in [3.05, 3.63) is 92.4 Å². The first kappa shape index (κ1) is 23.1. The van der Waals surface area contributed by atoms with Gasteiger partial charge in [0.15, 0.2) is 11.5 Å². The number of nitrogens with zero attached hydrogens (tertiary/aromatic N) is 1. The number of halogens is 2. The first-order valence-electron chi connectivity index (χ1n) is 10.2. The number of nitrogens with one attached hydrogen (secondary N) is 1. The van der Waals surface area contributed by atoms with Crippen LogP contribution in [0.5, 0.6) is 11.5 Å². The van der Waals surface area contributed by atoms with E-state index in [-0.39, 0.29) is 5.57 Å². The Morgan fingerprint density at radius 2 is 1.70 bits per heavy atom. The van der Waals surface area contributed by atoms with Crippen molar-refractivity contribution in [3.63, 3.8) is 0 Å². The Morgan fingerprint density at radius 1 is 0.970 bits per heavy atom. The summed E-state index contributed by atoms with van der Waals surface area (Å²) in [6.45, 7) is 2.67. The molecule has 0 aromatic heterocycles. The number of hydrogen-bond acceptors (Lipinski definition) is 4. The number of ether oxygens (including phenoxy) is 2. The van der Waals surface area contributed by atoms with E-state index in [0.717, 1.165) is 10.0 Å². The minimum Gasteiger partial charge on any atom is -0.490 e. The first-order valence-corrected chi connectivity index (χ1v) is 11.8. The number of carbonyl (C=O) groups is 2. The molecule has 2 amide bonds. The van der Waals surface area contributed by atoms with Crippen molar-refractivity contribution in [2.75, 3.05) is 11.6 Å². The van der Waals surface area contributed by atoms with Gasteiger partial charge in [-0.2, -0.15) is 0 Å². The average Bonchev–Trinajstić information content (AvgIpc) is 3.09. The fraction of sp³-hybridized carbons (Fsp3) is 0.120. The molecule has 1 fully saturated rings. The summed E-state index contributed by atoms with van der Waals surface area (Å²) < 4.78 is 13.5. The quantitative estimate of drug-likeness (QED) is 0.294. The molecule has 168 valence electrons. The van der Waals surface area contributed by atoms with E-state index in [1.807, 2.05) is 37.3 Å². The third-order valence-corrected chi connectivity index (χ3v) is 5.96. The zero-order chi connectivity index (χ0) is 23.4. The van der Waals surface area contributed by atoms with Crippen molar-refractivity contribution in [1.29, 1.82) is 0 Å². The molecule has 0 saturated carbocycles. The standard InChI is InChI=1S/C25H20Br2N2O4/c1-2-32-22-14-17(13-21(27)23(22)33-15-16-8-10-18(26)11-9-16)12-20-24(30)28-29(25(20)31)19-6-4-3-5-7-19/h3-14H,2,15H2,1H3,(H,28,30)/b20-12-. The zero-order valence-corrected chi connectivity index (χ0v) is 20.9. The van der Waals surface area contributed by atoms with Gasteiger partial charge in [0.05, 0.1) is 16.8 Å². The van der Waals surface area contributed by atoms with E-state index in [2.05, 4.69) is 37.3 Å². The van der Waals surface area contributed by atoms with Gasteiger partial charge in [0.2, 0.25) is 0 Å². The Bertz CT molecular complexity index is 1210. The summed E-state index contributed by atoms with van der Waals surface area (Å²) in [5, 5.41) is 1.24. The number of hydrogen-bond donors (Lipinski definition) is 1. The summed E-state index contributed by atoms with van der Waals surface area (Å²) >= 11 is 6.97. The number of carbonyl (C=O) groups excluding carboxylic acids is 2. The minimum atomic E-state index is -0.464. The third-order valence-electron chi connectivity index (χ3n) is 4.84. The lowest BCUT2D eigenvalue weighted by atomic mass is 10.1. The first-order chi connectivity index (χ1) is 16.0. The molecule has 3 aromatic rings. The van der Waals surface area contributed by atoms with Gasteiger partial charge in [-0.05, 0) is 76.5 Å². The van der Waals surface area contributed by atoms with Crippen LogP contribution in [-0.2, 0) is 16.2 Å². The van der Waals surface area contributed by atoms with Gasteiger partial charge in [-0.25, -0.2) is 5.01 Å². The van der Waals surface area contributed by atoms with Crippen LogP contribution in [0.25, 0.3) is 6.08 Å².